The molecule has 0 radical (unpaired) electrons. The van der Waals surface area contributed by atoms with Crippen LogP contribution in [0.1, 0.15) is 5.56 Å². The number of amides is 1. The highest BCUT2D eigenvalue weighted by molar-refractivity contribution is 7.98. The molecule has 0 unspecified atom stereocenters. The number of hydrogen-bond donors (Lipinski definition) is 3. The van der Waals surface area contributed by atoms with Crippen LogP contribution < -0.4 is 15.1 Å². The molecule has 0 aromatic heterocycles. The normalized spacial score (nSPS) is 19.9. The van der Waals surface area contributed by atoms with Crippen molar-refractivity contribution in [3.63, 3.8) is 0 Å². The van der Waals surface area contributed by atoms with E-state index in [0.29, 0.717) is 6.54 Å². The van der Waals surface area contributed by atoms with Crippen LogP contribution in [0.2, 0.25) is 5.02 Å². The Morgan fingerprint density at radius 3 is 2.38 bits per heavy atom. The number of anilines is 1. The third kappa shape index (κ3) is 5.48. The summed E-state index contributed by atoms with van der Waals surface area (Å²) in [5.41, 5.74) is 2.23. The molecule has 2 aromatic carbocycles. The number of nitrogens with one attached hydrogen (secondary N) is 3. The fraction of sp³-hybridized carbons (Fsp3) is 0.350. The van der Waals surface area contributed by atoms with Crippen molar-refractivity contribution in [3.05, 3.63) is 59.1 Å². The Balaban J connectivity index is 1.44. The Bertz CT molecular complexity index is 730. The van der Waals surface area contributed by atoms with Crippen molar-refractivity contribution < 1.29 is 14.6 Å². The molecule has 0 atom stereocenters. The van der Waals surface area contributed by atoms with Crippen LogP contribution in [0.25, 0.3) is 0 Å². The Hall–Kier alpha value is -1.53. The molecule has 1 amide bonds. The van der Waals surface area contributed by atoms with Gasteiger partial charge in [0.15, 0.2) is 6.54 Å². The minimum atomic E-state index is 0.0997. The van der Waals surface area contributed by atoms with E-state index in [1.165, 1.54) is 10.5 Å². The van der Waals surface area contributed by atoms with E-state index in [-0.39, 0.29) is 5.91 Å². The van der Waals surface area contributed by atoms with Gasteiger partial charge in [0, 0.05) is 15.5 Å². The lowest BCUT2D eigenvalue weighted by atomic mass is 10.2. The number of hydrogen-bond acceptors (Lipinski definition) is 2. The third-order valence-electron chi connectivity index (χ3n) is 4.82. The Morgan fingerprint density at radius 1 is 1.04 bits per heavy atom. The van der Waals surface area contributed by atoms with Gasteiger partial charge in [-0.2, -0.15) is 0 Å². The summed E-state index contributed by atoms with van der Waals surface area (Å²) in [5, 5.41) is 3.85. The Kier molecular flexibility index (Phi) is 6.97. The zero-order valence-electron chi connectivity index (χ0n) is 15.1. The van der Waals surface area contributed by atoms with Gasteiger partial charge in [0.2, 0.25) is 0 Å². The predicted octanol–water partition coefficient (Wildman–Crippen LogP) is 0.984. The lowest BCUT2D eigenvalue weighted by molar-refractivity contribution is -1.02. The monoisotopic (exact) mass is 391 g/mol. The number of para-hydroxylation sites is 1. The van der Waals surface area contributed by atoms with Crippen LogP contribution in [-0.4, -0.2) is 44.9 Å². The second-order valence-electron chi connectivity index (χ2n) is 6.73. The zero-order chi connectivity index (χ0) is 18.4. The second-order valence-corrected chi connectivity index (χ2v) is 8.01. The van der Waals surface area contributed by atoms with Gasteiger partial charge in [-0.05, 0) is 30.5 Å². The summed E-state index contributed by atoms with van der Waals surface area (Å²) >= 11 is 7.60. The quantitative estimate of drug-likeness (QED) is 0.642. The molecule has 0 bridgehead atoms. The lowest BCUT2D eigenvalue weighted by Crippen LogP contribution is -3.28. The maximum atomic E-state index is 12.4. The number of carbonyl (C=O) groups is 1. The summed E-state index contributed by atoms with van der Waals surface area (Å²) in [6.45, 7) is 5.80. The summed E-state index contributed by atoms with van der Waals surface area (Å²) in [4.78, 5) is 16.4. The van der Waals surface area contributed by atoms with E-state index in [4.69, 9.17) is 11.6 Å². The van der Waals surface area contributed by atoms with E-state index in [2.05, 4.69) is 17.4 Å². The zero-order valence-corrected chi connectivity index (χ0v) is 16.6. The molecule has 0 spiro atoms. The van der Waals surface area contributed by atoms with Gasteiger partial charge in [0.25, 0.3) is 5.91 Å². The van der Waals surface area contributed by atoms with Crippen LogP contribution in [0.5, 0.6) is 0 Å². The summed E-state index contributed by atoms with van der Waals surface area (Å²) in [6, 6.07) is 16.1. The fourth-order valence-electron chi connectivity index (χ4n) is 3.37. The fourth-order valence-corrected chi connectivity index (χ4v) is 4.05. The molecule has 138 valence electrons. The average Bonchev–Trinajstić information content (AvgIpc) is 2.65. The Labute approximate surface area is 164 Å². The highest BCUT2D eigenvalue weighted by Crippen LogP contribution is 2.24. The molecule has 0 saturated carbocycles. The molecule has 3 rings (SSSR count). The summed E-state index contributed by atoms with van der Waals surface area (Å²) in [7, 11) is 0. The van der Waals surface area contributed by atoms with Gasteiger partial charge >= 0.3 is 0 Å². The number of thioether (sulfide) groups is 1. The maximum Gasteiger partial charge on any atom is 0.279 e. The van der Waals surface area contributed by atoms with Gasteiger partial charge < -0.3 is 15.1 Å². The van der Waals surface area contributed by atoms with E-state index in [0.717, 1.165) is 48.3 Å². The van der Waals surface area contributed by atoms with Crippen molar-refractivity contribution in [2.75, 3.05) is 44.3 Å². The summed E-state index contributed by atoms with van der Waals surface area (Å²) in [6.07, 6.45) is 2.03. The van der Waals surface area contributed by atoms with Crippen LogP contribution in [0, 0.1) is 0 Å². The van der Waals surface area contributed by atoms with Crippen LogP contribution in [-0.2, 0) is 11.3 Å². The van der Waals surface area contributed by atoms with Crippen molar-refractivity contribution in [2.24, 2.45) is 0 Å². The molecule has 26 heavy (non-hydrogen) atoms. The van der Waals surface area contributed by atoms with Crippen LogP contribution in [0.15, 0.2) is 53.4 Å². The van der Waals surface area contributed by atoms with Gasteiger partial charge in [0.05, 0.1) is 5.69 Å². The first-order chi connectivity index (χ1) is 12.6. The average molecular weight is 392 g/mol. The van der Waals surface area contributed by atoms with Crippen molar-refractivity contribution in [2.45, 2.75) is 11.4 Å². The van der Waals surface area contributed by atoms with Crippen molar-refractivity contribution in [3.8, 4) is 0 Å². The Morgan fingerprint density at radius 2 is 1.69 bits per heavy atom. The highest BCUT2D eigenvalue weighted by Gasteiger charge is 2.25. The molecule has 6 heteroatoms. The van der Waals surface area contributed by atoms with Crippen molar-refractivity contribution in [1.29, 1.82) is 0 Å². The molecule has 4 nitrogen and oxygen atoms in total. The van der Waals surface area contributed by atoms with Crippen molar-refractivity contribution in [1.82, 2.24) is 0 Å². The molecule has 0 aliphatic carbocycles. The molecular weight excluding hydrogens is 366 g/mol. The van der Waals surface area contributed by atoms with Crippen LogP contribution in [0.3, 0.4) is 0 Å². The number of rotatable bonds is 6. The lowest BCUT2D eigenvalue weighted by Gasteiger charge is -2.29. The van der Waals surface area contributed by atoms with Crippen LogP contribution in [0.4, 0.5) is 5.69 Å². The molecule has 1 aliphatic heterocycles. The van der Waals surface area contributed by atoms with Gasteiger partial charge in [-0.25, -0.2) is 0 Å². The van der Waals surface area contributed by atoms with Gasteiger partial charge in [-0.3, -0.25) is 4.79 Å². The molecule has 3 N–H and O–H groups in total. The number of piperazine rings is 1. The molecular formula is C20H26ClN3OS+2. The molecule has 1 heterocycles. The highest BCUT2D eigenvalue weighted by atomic mass is 35.5. The molecule has 2 aromatic rings. The standard InChI is InChI=1S/C20H24ClN3OS/c1-26-19-5-3-2-4-18(19)22-20(25)15-24-12-10-23(11-13-24)14-16-6-8-17(21)9-7-16/h2-9H,10-15H2,1H3,(H,22,25)/p+2. The SMILES string of the molecule is CSc1ccccc1NC(=O)C[NH+]1CC[NH+](Cc2ccc(Cl)cc2)CC1. The summed E-state index contributed by atoms with van der Waals surface area (Å²) in [5.74, 6) is 0.0997. The smallest absolute Gasteiger partial charge is 0.279 e. The molecule has 1 aliphatic rings. The van der Waals surface area contributed by atoms with Crippen molar-refractivity contribution >= 4 is 35.0 Å². The minimum Gasteiger partial charge on any atom is -0.322 e. The first kappa shape index (κ1) is 19.2. The van der Waals surface area contributed by atoms with Gasteiger partial charge in [-0.15, -0.1) is 11.8 Å². The maximum absolute atomic E-state index is 12.4. The second kappa shape index (κ2) is 9.42. The van der Waals surface area contributed by atoms with E-state index in [1.807, 2.05) is 42.7 Å². The number of benzene rings is 2. The molecule has 1 saturated heterocycles. The topological polar surface area (TPSA) is 38.0 Å². The van der Waals surface area contributed by atoms with E-state index in [1.54, 1.807) is 16.7 Å². The van der Waals surface area contributed by atoms with Gasteiger partial charge in [0.1, 0.15) is 32.7 Å². The minimum absolute atomic E-state index is 0.0997. The number of quaternary nitrogens is 2. The van der Waals surface area contributed by atoms with Crippen LogP contribution >= 0.6 is 23.4 Å². The first-order valence-electron chi connectivity index (χ1n) is 8.98. The number of halogens is 1. The third-order valence-corrected chi connectivity index (χ3v) is 5.87. The van der Waals surface area contributed by atoms with E-state index in [9.17, 15) is 4.79 Å². The van der Waals surface area contributed by atoms with E-state index >= 15 is 0 Å². The first-order valence-corrected chi connectivity index (χ1v) is 10.6. The van der Waals surface area contributed by atoms with E-state index < -0.39 is 0 Å². The summed E-state index contributed by atoms with van der Waals surface area (Å²) < 4.78 is 0. The predicted molar refractivity (Wildman–Crippen MR) is 108 cm³/mol. The molecule has 1 fully saturated rings. The number of carbonyl (C=O) groups excluding carboxylic acids is 1. The van der Waals surface area contributed by atoms with Gasteiger partial charge in [-0.1, -0.05) is 35.9 Å². The largest absolute Gasteiger partial charge is 0.322 e.